The van der Waals surface area contributed by atoms with Crippen LogP contribution in [0.1, 0.15) is 18.9 Å². The van der Waals surface area contributed by atoms with Gasteiger partial charge < -0.3 is 14.4 Å². The first-order valence-corrected chi connectivity index (χ1v) is 10.9. The van der Waals surface area contributed by atoms with Gasteiger partial charge >= 0.3 is 0 Å². The smallest absolute Gasteiger partial charge is 0.293 e. The maximum atomic E-state index is 13.5. The van der Waals surface area contributed by atoms with E-state index in [9.17, 15) is 4.79 Å². The van der Waals surface area contributed by atoms with Crippen LogP contribution in [0.5, 0.6) is 0 Å². The van der Waals surface area contributed by atoms with E-state index in [1.54, 1.807) is 0 Å². The summed E-state index contributed by atoms with van der Waals surface area (Å²) in [5.74, 6) is -1.41. The first-order chi connectivity index (χ1) is 14.6. The third kappa shape index (κ3) is 3.38. The predicted octanol–water partition coefficient (Wildman–Crippen LogP) is 3.44. The summed E-state index contributed by atoms with van der Waals surface area (Å²) in [5.41, 5.74) is 2.84. The van der Waals surface area contributed by atoms with Gasteiger partial charge in [-0.1, -0.05) is 35.9 Å². The van der Waals surface area contributed by atoms with Gasteiger partial charge in [0.2, 0.25) is 0 Å². The summed E-state index contributed by atoms with van der Waals surface area (Å²) < 4.78 is 12.1. The van der Waals surface area contributed by atoms with Crippen molar-refractivity contribution >= 4 is 28.9 Å². The monoisotopic (exact) mass is 427 g/mol. The number of rotatable bonds is 3. The molecule has 1 spiro atoms. The van der Waals surface area contributed by atoms with Gasteiger partial charge in [-0.3, -0.25) is 14.6 Å². The first-order valence-electron chi connectivity index (χ1n) is 10.5. The summed E-state index contributed by atoms with van der Waals surface area (Å²) in [6.45, 7) is 6.55. The molecule has 30 heavy (non-hydrogen) atoms. The minimum Gasteiger partial charge on any atom is -0.369 e. The molecule has 5 rings (SSSR count). The van der Waals surface area contributed by atoms with Gasteiger partial charge in [0.15, 0.2) is 0 Å². The van der Waals surface area contributed by atoms with Crippen molar-refractivity contribution in [1.82, 2.24) is 4.90 Å². The van der Waals surface area contributed by atoms with Crippen molar-refractivity contribution in [2.75, 3.05) is 49.3 Å². The second-order valence-corrected chi connectivity index (χ2v) is 8.60. The highest BCUT2D eigenvalue weighted by molar-refractivity contribution is 6.30. The van der Waals surface area contributed by atoms with Crippen molar-refractivity contribution in [3.05, 3.63) is 59.1 Å². The van der Waals surface area contributed by atoms with E-state index in [4.69, 9.17) is 21.1 Å². The van der Waals surface area contributed by atoms with E-state index >= 15 is 0 Å². The number of fused-ring (bicyclic) bond motifs is 2. The molecule has 3 aliphatic rings. The van der Waals surface area contributed by atoms with Crippen LogP contribution >= 0.6 is 11.6 Å². The van der Waals surface area contributed by atoms with Gasteiger partial charge in [-0.25, -0.2) is 0 Å². The lowest BCUT2D eigenvalue weighted by Gasteiger charge is -2.39. The molecule has 7 heteroatoms. The molecule has 158 valence electrons. The molecule has 0 unspecified atom stereocenters. The van der Waals surface area contributed by atoms with Gasteiger partial charge in [0.25, 0.3) is 11.7 Å². The minimum absolute atomic E-state index is 0.0167. The SMILES string of the molecule is C[C@@H]1CCO[C@@]2(O1)C(=O)N(CN1CCN(c3cccc(Cl)c3)CC1)c1ccccc12. The molecule has 0 N–H and O–H groups in total. The normalized spacial score (nSPS) is 27.0. The Morgan fingerprint density at radius 3 is 2.67 bits per heavy atom. The van der Waals surface area contributed by atoms with E-state index in [-0.39, 0.29) is 12.0 Å². The Balaban J connectivity index is 1.32. The second-order valence-electron chi connectivity index (χ2n) is 8.16. The maximum Gasteiger partial charge on any atom is 0.293 e. The van der Waals surface area contributed by atoms with Crippen LogP contribution in [0.2, 0.25) is 5.02 Å². The summed E-state index contributed by atoms with van der Waals surface area (Å²) in [4.78, 5) is 20.0. The van der Waals surface area contributed by atoms with Crippen LogP contribution in [0.25, 0.3) is 0 Å². The van der Waals surface area contributed by atoms with Crippen molar-refractivity contribution in [3.8, 4) is 0 Å². The molecule has 2 aromatic carbocycles. The summed E-state index contributed by atoms with van der Waals surface area (Å²) in [6.07, 6.45) is 0.778. The topological polar surface area (TPSA) is 45.3 Å². The quantitative estimate of drug-likeness (QED) is 0.750. The molecule has 0 bridgehead atoms. The third-order valence-corrected chi connectivity index (χ3v) is 6.40. The number of anilines is 2. The average Bonchev–Trinajstić information content (AvgIpc) is 2.97. The lowest BCUT2D eigenvalue weighted by Crippen LogP contribution is -2.54. The molecule has 2 fully saturated rings. The number of amides is 1. The van der Waals surface area contributed by atoms with E-state index < -0.39 is 5.79 Å². The van der Waals surface area contributed by atoms with Gasteiger partial charge in [-0.05, 0) is 37.6 Å². The average molecular weight is 428 g/mol. The van der Waals surface area contributed by atoms with E-state index in [0.29, 0.717) is 13.3 Å². The molecule has 2 aromatic rings. The molecular weight excluding hydrogens is 402 g/mol. The van der Waals surface area contributed by atoms with Gasteiger partial charge in [-0.2, -0.15) is 0 Å². The summed E-state index contributed by atoms with van der Waals surface area (Å²) in [6, 6.07) is 15.8. The Morgan fingerprint density at radius 2 is 1.90 bits per heavy atom. The van der Waals surface area contributed by atoms with E-state index in [0.717, 1.165) is 54.6 Å². The van der Waals surface area contributed by atoms with E-state index in [2.05, 4.69) is 15.9 Å². The van der Waals surface area contributed by atoms with Gasteiger partial charge in [0.05, 0.1) is 25.1 Å². The van der Waals surface area contributed by atoms with Crippen LogP contribution in [0.15, 0.2) is 48.5 Å². The summed E-state index contributed by atoms with van der Waals surface area (Å²) >= 11 is 6.15. The van der Waals surface area contributed by atoms with Crippen molar-refractivity contribution < 1.29 is 14.3 Å². The fourth-order valence-corrected chi connectivity index (χ4v) is 4.73. The van der Waals surface area contributed by atoms with E-state index in [1.165, 1.54) is 0 Å². The number of carbonyl (C=O) groups is 1. The van der Waals surface area contributed by atoms with Crippen LogP contribution in [-0.4, -0.2) is 56.4 Å². The lowest BCUT2D eigenvalue weighted by molar-refractivity contribution is -0.277. The summed E-state index contributed by atoms with van der Waals surface area (Å²) in [5, 5.41) is 0.751. The van der Waals surface area contributed by atoms with Crippen LogP contribution in [0.3, 0.4) is 0 Å². The van der Waals surface area contributed by atoms with Crippen LogP contribution < -0.4 is 9.80 Å². The molecule has 1 amide bonds. The highest BCUT2D eigenvalue weighted by Crippen LogP contribution is 2.46. The number of ether oxygens (including phenoxy) is 2. The molecule has 0 saturated carbocycles. The zero-order valence-corrected chi connectivity index (χ0v) is 17.8. The zero-order valence-electron chi connectivity index (χ0n) is 17.1. The fraction of sp³-hybridized carbons (Fsp3) is 0.435. The second kappa shape index (κ2) is 7.85. The molecule has 2 saturated heterocycles. The molecule has 3 aliphatic heterocycles. The van der Waals surface area contributed by atoms with Crippen molar-refractivity contribution in [2.45, 2.75) is 25.2 Å². The molecule has 6 nitrogen and oxygen atoms in total. The predicted molar refractivity (Wildman–Crippen MR) is 117 cm³/mol. The zero-order chi connectivity index (χ0) is 20.7. The number of benzene rings is 2. The van der Waals surface area contributed by atoms with Gasteiger partial charge in [0, 0.05) is 42.5 Å². The van der Waals surface area contributed by atoms with Crippen molar-refractivity contribution in [2.24, 2.45) is 0 Å². The Bertz CT molecular complexity index is 947. The number of para-hydroxylation sites is 1. The number of hydrogen-bond donors (Lipinski definition) is 0. The van der Waals surface area contributed by atoms with Crippen LogP contribution in [-0.2, 0) is 20.1 Å². The van der Waals surface area contributed by atoms with Gasteiger partial charge in [-0.15, -0.1) is 0 Å². The Hall–Kier alpha value is -2.12. The van der Waals surface area contributed by atoms with Crippen LogP contribution in [0.4, 0.5) is 11.4 Å². The Kier molecular flexibility index (Phi) is 5.19. The number of nitrogens with zero attached hydrogens (tertiary/aromatic N) is 3. The molecule has 0 radical (unpaired) electrons. The Labute approximate surface area is 181 Å². The maximum absolute atomic E-state index is 13.5. The highest BCUT2D eigenvalue weighted by atomic mass is 35.5. The van der Waals surface area contributed by atoms with Crippen LogP contribution in [0, 0.1) is 0 Å². The molecule has 0 aliphatic carbocycles. The molecular formula is C23H26ClN3O3. The van der Waals surface area contributed by atoms with Crippen molar-refractivity contribution in [3.63, 3.8) is 0 Å². The first kappa shape index (κ1) is 19.8. The minimum atomic E-state index is -1.29. The number of carbonyl (C=O) groups excluding carboxylic acids is 1. The lowest BCUT2D eigenvalue weighted by atomic mass is 10.1. The summed E-state index contributed by atoms with van der Waals surface area (Å²) in [7, 11) is 0. The molecule has 0 aromatic heterocycles. The van der Waals surface area contributed by atoms with Crippen molar-refractivity contribution in [1.29, 1.82) is 0 Å². The van der Waals surface area contributed by atoms with E-state index in [1.807, 2.05) is 54.3 Å². The van der Waals surface area contributed by atoms with Gasteiger partial charge in [0.1, 0.15) is 0 Å². The highest BCUT2D eigenvalue weighted by Gasteiger charge is 2.56. The number of halogens is 1. The molecule has 3 heterocycles. The largest absolute Gasteiger partial charge is 0.369 e. The molecule has 2 atom stereocenters. The third-order valence-electron chi connectivity index (χ3n) is 6.16. The number of piperazine rings is 1. The fourth-order valence-electron chi connectivity index (χ4n) is 4.55. The number of hydrogen-bond acceptors (Lipinski definition) is 5. The Morgan fingerprint density at radius 1 is 1.10 bits per heavy atom. The standard InChI is InChI=1S/C23H26ClN3O3/c1-17-9-14-29-23(30-17)20-7-2-3-8-21(20)27(22(23)28)16-25-10-12-26(13-11-25)19-6-4-5-18(24)15-19/h2-8,15,17H,9-14,16H2,1H3/t17-,23+/m1/s1.